The number of aromatic nitrogens is 2. The molecule has 2 aromatic carbocycles. The molecule has 0 saturated carbocycles. The average Bonchev–Trinajstić information content (AvgIpc) is 3.23. The van der Waals surface area contributed by atoms with Crippen LogP contribution in [0.2, 0.25) is 10.0 Å². The van der Waals surface area contributed by atoms with Gasteiger partial charge in [-0.25, -0.2) is 4.98 Å². The van der Waals surface area contributed by atoms with Crippen LogP contribution in [0, 0.1) is 0 Å². The van der Waals surface area contributed by atoms with E-state index in [0.29, 0.717) is 37.6 Å². The first-order valence-electron chi connectivity index (χ1n) is 8.90. The van der Waals surface area contributed by atoms with Crippen molar-refractivity contribution in [2.45, 2.75) is 11.7 Å². The van der Waals surface area contributed by atoms with Gasteiger partial charge in [-0.2, -0.15) is 0 Å². The SMILES string of the molecule is O=C(CSc1nc2cc(Cl)ccc2c(=O)n1Cc1ccco1)Nc1ccc(Cl)cc1. The molecule has 4 aromatic rings. The van der Waals surface area contributed by atoms with E-state index in [1.165, 1.54) is 4.57 Å². The molecule has 6 nitrogen and oxygen atoms in total. The zero-order valence-corrected chi connectivity index (χ0v) is 17.8. The lowest BCUT2D eigenvalue weighted by Gasteiger charge is -2.12. The van der Waals surface area contributed by atoms with Crippen molar-refractivity contribution in [2.75, 3.05) is 11.1 Å². The van der Waals surface area contributed by atoms with E-state index in [1.807, 2.05) is 0 Å². The number of amides is 1. The summed E-state index contributed by atoms with van der Waals surface area (Å²) < 4.78 is 6.88. The maximum atomic E-state index is 13.1. The topological polar surface area (TPSA) is 77.1 Å². The quantitative estimate of drug-likeness (QED) is 0.321. The molecule has 1 amide bonds. The molecular weight excluding hydrogens is 445 g/mol. The number of hydrogen-bond acceptors (Lipinski definition) is 5. The number of anilines is 1. The Morgan fingerprint density at radius 1 is 1.10 bits per heavy atom. The first kappa shape index (κ1) is 20.5. The lowest BCUT2D eigenvalue weighted by atomic mass is 10.2. The monoisotopic (exact) mass is 459 g/mol. The standard InChI is InChI=1S/C21H15Cl2N3O3S/c22-13-3-6-15(7-4-13)24-19(27)12-30-21-25-18-10-14(23)5-8-17(18)20(28)26(21)11-16-2-1-9-29-16/h1-10H,11-12H2,(H,24,27). The summed E-state index contributed by atoms with van der Waals surface area (Å²) in [6.07, 6.45) is 1.54. The fraction of sp³-hybridized carbons (Fsp3) is 0.0952. The number of nitrogens with zero attached hydrogens (tertiary/aromatic N) is 2. The van der Waals surface area contributed by atoms with E-state index in [-0.39, 0.29) is 23.8 Å². The third-order valence-electron chi connectivity index (χ3n) is 4.24. The number of carbonyl (C=O) groups is 1. The second-order valence-corrected chi connectivity index (χ2v) is 8.19. The number of halogens is 2. The Morgan fingerprint density at radius 3 is 2.60 bits per heavy atom. The Labute approximate surface area is 185 Å². The normalized spacial score (nSPS) is 11.0. The summed E-state index contributed by atoms with van der Waals surface area (Å²) in [7, 11) is 0. The van der Waals surface area contributed by atoms with Crippen molar-refractivity contribution >= 4 is 57.5 Å². The minimum Gasteiger partial charge on any atom is -0.467 e. The fourth-order valence-electron chi connectivity index (χ4n) is 2.84. The molecule has 4 rings (SSSR count). The van der Waals surface area contributed by atoms with Crippen molar-refractivity contribution in [3.8, 4) is 0 Å². The van der Waals surface area contributed by atoms with Crippen LogP contribution < -0.4 is 10.9 Å². The Bertz CT molecular complexity index is 1260. The number of hydrogen-bond donors (Lipinski definition) is 1. The number of thioether (sulfide) groups is 1. The van der Waals surface area contributed by atoms with Gasteiger partial charge in [-0.1, -0.05) is 35.0 Å². The Hall–Kier alpha value is -2.74. The van der Waals surface area contributed by atoms with Gasteiger partial charge in [-0.3, -0.25) is 14.2 Å². The Morgan fingerprint density at radius 2 is 1.87 bits per heavy atom. The largest absolute Gasteiger partial charge is 0.467 e. The number of rotatable bonds is 6. The Balaban J connectivity index is 1.61. The zero-order valence-electron chi connectivity index (χ0n) is 15.5. The molecule has 1 N–H and O–H groups in total. The predicted molar refractivity (Wildman–Crippen MR) is 120 cm³/mol. The highest BCUT2D eigenvalue weighted by atomic mass is 35.5. The van der Waals surface area contributed by atoms with Crippen molar-refractivity contribution < 1.29 is 9.21 Å². The zero-order chi connectivity index (χ0) is 21.1. The summed E-state index contributed by atoms with van der Waals surface area (Å²) in [5.41, 5.74) is 0.883. The number of fused-ring (bicyclic) bond motifs is 1. The van der Waals surface area contributed by atoms with Gasteiger partial charge in [-0.15, -0.1) is 0 Å². The van der Waals surface area contributed by atoms with Crippen molar-refractivity contribution in [3.63, 3.8) is 0 Å². The van der Waals surface area contributed by atoms with E-state index in [1.54, 1.807) is 60.9 Å². The van der Waals surface area contributed by atoms with Crippen LogP contribution in [0.4, 0.5) is 5.69 Å². The summed E-state index contributed by atoms with van der Waals surface area (Å²) in [6, 6.07) is 15.3. The van der Waals surface area contributed by atoms with Crippen molar-refractivity contribution in [2.24, 2.45) is 0 Å². The molecule has 2 aromatic heterocycles. The maximum Gasteiger partial charge on any atom is 0.262 e. The summed E-state index contributed by atoms with van der Waals surface area (Å²) in [6.45, 7) is 0.207. The average molecular weight is 460 g/mol. The van der Waals surface area contributed by atoms with Crippen LogP contribution in [0.25, 0.3) is 10.9 Å². The number of furan rings is 1. The first-order valence-corrected chi connectivity index (χ1v) is 10.6. The van der Waals surface area contributed by atoms with Crippen molar-refractivity contribution in [1.29, 1.82) is 0 Å². The molecule has 0 saturated heterocycles. The summed E-state index contributed by atoms with van der Waals surface area (Å²) in [5.74, 6) is 0.450. The number of nitrogens with one attached hydrogen (secondary N) is 1. The third-order valence-corrected chi connectivity index (χ3v) is 5.70. The smallest absolute Gasteiger partial charge is 0.262 e. The van der Waals surface area contributed by atoms with Crippen LogP contribution in [-0.4, -0.2) is 21.2 Å². The molecule has 0 spiro atoms. The van der Waals surface area contributed by atoms with E-state index in [4.69, 9.17) is 27.6 Å². The van der Waals surface area contributed by atoms with Gasteiger partial charge < -0.3 is 9.73 Å². The van der Waals surface area contributed by atoms with Crippen LogP contribution in [0.15, 0.2) is 75.2 Å². The highest BCUT2D eigenvalue weighted by Gasteiger charge is 2.15. The molecule has 9 heteroatoms. The first-order chi connectivity index (χ1) is 14.5. The summed E-state index contributed by atoms with van der Waals surface area (Å²) in [5, 5.41) is 4.71. The third kappa shape index (κ3) is 4.70. The molecule has 152 valence electrons. The second-order valence-electron chi connectivity index (χ2n) is 6.37. The lowest BCUT2D eigenvalue weighted by molar-refractivity contribution is -0.113. The minimum absolute atomic E-state index is 0.0687. The molecule has 0 aliphatic heterocycles. The molecule has 2 heterocycles. The van der Waals surface area contributed by atoms with Crippen molar-refractivity contribution in [1.82, 2.24) is 9.55 Å². The van der Waals surface area contributed by atoms with Crippen LogP contribution in [-0.2, 0) is 11.3 Å². The van der Waals surface area contributed by atoms with E-state index in [2.05, 4.69) is 10.3 Å². The lowest BCUT2D eigenvalue weighted by Crippen LogP contribution is -2.24. The van der Waals surface area contributed by atoms with Gasteiger partial charge in [0.05, 0.1) is 29.5 Å². The van der Waals surface area contributed by atoms with Crippen molar-refractivity contribution in [3.05, 3.63) is 87.0 Å². The van der Waals surface area contributed by atoms with Gasteiger partial charge >= 0.3 is 0 Å². The summed E-state index contributed by atoms with van der Waals surface area (Å²) >= 11 is 13.1. The maximum absolute atomic E-state index is 13.1. The van der Waals surface area contributed by atoms with Gasteiger partial charge in [0.2, 0.25) is 5.91 Å². The van der Waals surface area contributed by atoms with Crippen LogP contribution in [0.5, 0.6) is 0 Å². The van der Waals surface area contributed by atoms with Crippen LogP contribution in [0.3, 0.4) is 0 Å². The Kier molecular flexibility index (Phi) is 6.13. The molecule has 0 fully saturated rings. The van der Waals surface area contributed by atoms with Crippen LogP contribution in [0.1, 0.15) is 5.76 Å². The van der Waals surface area contributed by atoms with Gasteiger partial charge in [0.25, 0.3) is 5.56 Å². The highest BCUT2D eigenvalue weighted by Crippen LogP contribution is 2.22. The molecular formula is C21H15Cl2N3O3S. The molecule has 0 aliphatic rings. The molecule has 0 radical (unpaired) electrons. The van der Waals surface area contributed by atoms with E-state index >= 15 is 0 Å². The van der Waals surface area contributed by atoms with E-state index in [0.717, 1.165) is 11.8 Å². The predicted octanol–water partition coefficient (Wildman–Crippen LogP) is 5.08. The molecule has 0 bridgehead atoms. The van der Waals surface area contributed by atoms with E-state index < -0.39 is 0 Å². The molecule has 30 heavy (non-hydrogen) atoms. The number of benzene rings is 2. The second kappa shape index (κ2) is 8.95. The van der Waals surface area contributed by atoms with Crippen LogP contribution >= 0.6 is 35.0 Å². The van der Waals surface area contributed by atoms with Gasteiger partial charge in [-0.05, 0) is 54.6 Å². The fourth-order valence-corrected chi connectivity index (χ4v) is 3.93. The minimum atomic E-state index is -0.229. The van der Waals surface area contributed by atoms with E-state index in [9.17, 15) is 9.59 Å². The molecule has 0 atom stereocenters. The van der Waals surface area contributed by atoms with Gasteiger partial charge in [0.1, 0.15) is 5.76 Å². The molecule has 0 aliphatic carbocycles. The number of carbonyl (C=O) groups excluding carboxylic acids is 1. The van der Waals surface area contributed by atoms with Gasteiger partial charge in [0.15, 0.2) is 5.16 Å². The summed E-state index contributed by atoms with van der Waals surface area (Å²) in [4.78, 5) is 30.0. The highest BCUT2D eigenvalue weighted by molar-refractivity contribution is 7.99. The van der Waals surface area contributed by atoms with Gasteiger partial charge in [0, 0.05) is 15.7 Å². The molecule has 0 unspecified atom stereocenters.